The molecule has 120 valence electrons. The second-order valence-corrected chi connectivity index (χ2v) is 5.42. The number of rotatable bonds is 4. The quantitative estimate of drug-likeness (QED) is 0.688. The Kier molecular flexibility index (Phi) is 3.73. The SMILES string of the molecule is CC(C(=O)c1ccccc1C(=O)O)N1C(=O)c2ccccc2C1=O. The molecular weight excluding hydrogens is 310 g/mol. The number of fused-ring (bicyclic) bond motifs is 1. The topological polar surface area (TPSA) is 91.8 Å². The summed E-state index contributed by atoms with van der Waals surface area (Å²) in [6.45, 7) is 1.42. The number of carboxylic acid groups (broad SMARTS) is 1. The minimum absolute atomic E-state index is 0.0333. The maximum atomic E-state index is 12.7. The van der Waals surface area contributed by atoms with Gasteiger partial charge in [0.1, 0.15) is 6.04 Å². The second-order valence-electron chi connectivity index (χ2n) is 5.42. The molecule has 0 fully saturated rings. The molecule has 6 heteroatoms. The molecule has 0 aromatic heterocycles. The van der Waals surface area contributed by atoms with Crippen molar-refractivity contribution in [1.29, 1.82) is 0 Å². The molecule has 0 saturated carbocycles. The van der Waals surface area contributed by atoms with Crippen LogP contribution in [0.2, 0.25) is 0 Å². The van der Waals surface area contributed by atoms with E-state index in [1.807, 2.05) is 0 Å². The van der Waals surface area contributed by atoms with E-state index in [1.54, 1.807) is 12.1 Å². The predicted octanol–water partition coefficient (Wildman–Crippen LogP) is 2.25. The van der Waals surface area contributed by atoms with Gasteiger partial charge >= 0.3 is 5.97 Å². The van der Waals surface area contributed by atoms with Crippen LogP contribution < -0.4 is 0 Å². The van der Waals surface area contributed by atoms with Crippen LogP contribution in [0.3, 0.4) is 0 Å². The highest BCUT2D eigenvalue weighted by molar-refractivity contribution is 6.24. The Morgan fingerprint density at radius 2 is 1.33 bits per heavy atom. The maximum absolute atomic E-state index is 12.7. The fourth-order valence-corrected chi connectivity index (χ4v) is 2.79. The van der Waals surface area contributed by atoms with Crippen molar-refractivity contribution in [3.8, 4) is 0 Å². The van der Waals surface area contributed by atoms with Gasteiger partial charge in [-0.15, -0.1) is 0 Å². The zero-order valence-electron chi connectivity index (χ0n) is 12.7. The molecular formula is C18H13NO5. The lowest BCUT2D eigenvalue weighted by Gasteiger charge is -2.21. The first-order valence-electron chi connectivity index (χ1n) is 7.27. The first-order valence-corrected chi connectivity index (χ1v) is 7.27. The molecule has 1 aliphatic heterocycles. The summed E-state index contributed by atoms with van der Waals surface area (Å²) >= 11 is 0. The molecule has 3 rings (SSSR count). The molecule has 1 N–H and O–H groups in total. The van der Waals surface area contributed by atoms with E-state index in [-0.39, 0.29) is 22.3 Å². The van der Waals surface area contributed by atoms with Crippen molar-refractivity contribution in [2.24, 2.45) is 0 Å². The van der Waals surface area contributed by atoms with E-state index in [0.29, 0.717) is 0 Å². The average molecular weight is 323 g/mol. The third-order valence-electron chi connectivity index (χ3n) is 4.02. The van der Waals surface area contributed by atoms with Crippen LogP contribution in [0.1, 0.15) is 48.4 Å². The minimum atomic E-state index is -1.24. The Morgan fingerprint density at radius 1 is 0.875 bits per heavy atom. The molecule has 0 saturated heterocycles. The molecule has 2 amide bonds. The fourth-order valence-electron chi connectivity index (χ4n) is 2.79. The Bertz CT molecular complexity index is 851. The molecule has 1 atom stereocenters. The van der Waals surface area contributed by atoms with E-state index in [0.717, 1.165) is 4.90 Å². The van der Waals surface area contributed by atoms with Crippen LogP contribution in [0.5, 0.6) is 0 Å². The number of carbonyl (C=O) groups excluding carboxylic acids is 3. The van der Waals surface area contributed by atoms with Crippen molar-refractivity contribution in [1.82, 2.24) is 4.90 Å². The van der Waals surface area contributed by atoms with Gasteiger partial charge in [0.2, 0.25) is 0 Å². The molecule has 2 aromatic carbocycles. The lowest BCUT2D eigenvalue weighted by atomic mass is 9.98. The van der Waals surface area contributed by atoms with Crippen LogP contribution >= 0.6 is 0 Å². The third-order valence-corrected chi connectivity index (χ3v) is 4.02. The molecule has 0 bridgehead atoms. The summed E-state index contributed by atoms with van der Waals surface area (Å²) in [4.78, 5) is 49.7. The monoisotopic (exact) mass is 323 g/mol. The van der Waals surface area contributed by atoms with Gasteiger partial charge in [-0.3, -0.25) is 19.3 Å². The van der Waals surface area contributed by atoms with Crippen molar-refractivity contribution in [3.63, 3.8) is 0 Å². The predicted molar refractivity (Wildman–Crippen MR) is 84.1 cm³/mol. The largest absolute Gasteiger partial charge is 0.478 e. The first-order chi connectivity index (χ1) is 11.4. The Hall–Kier alpha value is -3.28. The molecule has 0 aliphatic carbocycles. The molecule has 2 aromatic rings. The molecule has 24 heavy (non-hydrogen) atoms. The van der Waals surface area contributed by atoms with E-state index >= 15 is 0 Å². The summed E-state index contributed by atoms with van der Waals surface area (Å²) in [6, 6.07) is 11.0. The minimum Gasteiger partial charge on any atom is -0.478 e. The molecule has 6 nitrogen and oxygen atoms in total. The van der Waals surface area contributed by atoms with Crippen molar-refractivity contribution in [2.45, 2.75) is 13.0 Å². The number of benzene rings is 2. The number of aromatic carboxylic acids is 1. The number of nitrogens with zero attached hydrogens (tertiary/aromatic N) is 1. The van der Waals surface area contributed by atoms with Gasteiger partial charge < -0.3 is 5.11 Å². The van der Waals surface area contributed by atoms with Crippen LogP contribution in [0.25, 0.3) is 0 Å². The Morgan fingerprint density at radius 3 is 1.83 bits per heavy atom. The van der Waals surface area contributed by atoms with E-state index in [1.165, 1.54) is 43.3 Å². The lowest BCUT2D eigenvalue weighted by Crippen LogP contribution is -2.43. The number of imide groups is 1. The maximum Gasteiger partial charge on any atom is 0.336 e. The number of Topliss-reactive ketones (excluding diaryl/α,β-unsaturated/α-hetero) is 1. The standard InChI is InChI=1S/C18H13NO5/c1-10(15(20)11-6-2-5-9-14(11)18(23)24)19-16(21)12-7-3-4-8-13(12)17(19)22/h2-10H,1H3,(H,23,24). The summed E-state index contributed by atoms with van der Waals surface area (Å²) in [5.74, 6) is -2.94. The van der Waals surface area contributed by atoms with Crippen molar-refractivity contribution in [2.75, 3.05) is 0 Å². The number of carboxylic acids is 1. The van der Waals surface area contributed by atoms with Gasteiger partial charge in [-0.2, -0.15) is 0 Å². The van der Waals surface area contributed by atoms with Crippen LogP contribution in [-0.4, -0.2) is 39.6 Å². The summed E-state index contributed by atoms with van der Waals surface area (Å²) < 4.78 is 0. The fraction of sp³-hybridized carbons (Fsp3) is 0.111. The molecule has 1 aliphatic rings. The first kappa shape index (κ1) is 15.6. The summed E-state index contributed by atoms with van der Waals surface area (Å²) in [5.41, 5.74) is 0.294. The average Bonchev–Trinajstić information content (AvgIpc) is 2.85. The number of hydrogen-bond donors (Lipinski definition) is 1. The molecule has 0 radical (unpaired) electrons. The highest BCUT2D eigenvalue weighted by Gasteiger charge is 2.41. The Balaban J connectivity index is 1.98. The normalized spacial score (nSPS) is 14.5. The van der Waals surface area contributed by atoms with Gasteiger partial charge in [0.15, 0.2) is 5.78 Å². The number of amides is 2. The number of hydrogen-bond acceptors (Lipinski definition) is 4. The molecule has 0 spiro atoms. The van der Waals surface area contributed by atoms with Gasteiger partial charge in [0.05, 0.1) is 16.7 Å². The van der Waals surface area contributed by atoms with Gasteiger partial charge in [-0.25, -0.2) is 4.79 Å². The smallest absolute Gasteiger partial charge is 0.336 e. The van der Waals surface area contributed by atoms with Gasteiger partial charge in [0.25, 0.3) is 11.8 Å². The van der Waals surface area contributed by atoms with Crippen LogP contribution in [-0.2, 0) is 0 Å². The van der Waals surface area contributed by atoms with E-state index in [2.05, 4.69) is 0 Å². The van der Waals surface area contributed by atoms with Gasteiger partial charge in [-0.05, 0) is 25.1 Å². The highest BCUT2D eigenvalue weighted by atomic mass is 16.4. The molecule has 1 heterocycles. The zero-order chi connectivity index (χ0) is 17.4. The summed E-state index contributed by atoms with van der Waals surface area (Å²) in [7, 11) is 0. The van der Waals surface area contributed by atoms with Gasteiger partial charge in [0, 0.05) is 5.56 Å². The Labute approximate surface area is 137 Å². The van der Waals surface area contributed by atoms with Crippen molar-refractivity contribution < 1.29 is 24.3 Å². The van der Waals surface area contributed by atoms with Crippen molar-refractivity contribution in [3.05, 3.63) is 70.8 Å². The lowest BCUT2D eigenvalue weighted by molar-refractivity contribution is 0.0554. The van der Waals surface area contributed by atoms with E-state index in [4.69, 9.17) is 0 Å². The van der Waals surface area contributed by atoms with E-state index in [9.17, 15) is 24.3 Å². The van der Waals surface area contributed by atoms with Crippen LogP contribution in [0.15, 0.2) is 48.5 Å². The number of carbonyl (C=O) groups is 4. The second kappa shape index (κ2) is 5.73. The van der Waals surface area contributed by atoms with Crippen molar-refractivity contribution >= 4 is 23.6 Å². The van der Waals surface area contributed by atoms with Crippen LogP contribution in [0, 0.1) is 0 Å². The third kappa shape index (κ3) is 2.28. The van der Waals surface area contributed by atoms with E-state index < -0.39 is 29.6 Å². The zero-order valence-corrected chi connectivity index (χ0v) is 12.7. The van der Waals surface area contributed by atoms with Crippen LogP contribution in [0.4, 0.5) is 0 Å². The summed E-state index contributed by atoms with van der Waals surface area (Å²) in [5, 5.41) is 9.21. The summed E-state index contributed by atoms with van der Waals surface area (Å²) in [6.07, 6.45) is 0. The molecule has 1 unspecified atom stereocenters. The highest BCUT2D eigenvalue weighted by Crippen LogP contribution is 2.26. The number of ketones is 1. The van der Waals surface area contributed by atoms with Gasteiger partial charge in [-0.1, -0.05) is 30.3 Å².